The van der Waals surface area contributed by atoms with E-state index in [1.54, 1.807) is 38.5 Å². The Morgan fingerprint density at radius 2 is 0.898 bits per heavy atom. The molecule has 3 aliphatic rings. The van der Waals surface area contributed by atoms with E-state index in [1.807, 2.05) is 109 Å². The minimum absolute atomic E-state index is 0.189. The largest absolute Gasteiger partial charge is 0.497 e. The molecule has 5 aromatic rings. The van der Waals surface area contributed by atoms with Crippen molar-refractivity contribution in [2.45, 2.75) is 10.8 Å². The van der Waals surface area contributed by atoms with Crippen LogP contribution in [0.5, 0.6) is 17.2 Å². The van der Waals surface area contributed by atoms with Crippen molar-refractivity contribution in [3.05, 3.63) is 156 Å². The number of hydrogen-bond acceptors (Lipinski definition) is 6. The molecule has 49 heavy (non-hydrogen) atoms. The van der Waals surface area contributed by atoms with Crippen molar-refractivity contribution in [3.63, 3.8) is 0 Å². The number of methoxy groups -OCH3 is 3. The summed E-state index contributed by atoms with van der Waals surface area (Å²) in [4.78, 5) is 47.7. The lowest BCUT2D eigenvalue weighted by Gasteiger charge is -2.39. The Balaban J connectivity index is 1.55. The number of fused-ring (bicyclic) bond motifs is 5. The topological polar surface area (TPSA) is 82.1 Å². The number of Topliss-reactive ketones (excluding diaryl/α,β-unsaturated/α-hetero) is 1. The Kier molecular flexibility index (Phi) is 7.03. The average molecular weight is 648 g/mol. The van der Waals surface area contributed by atoms with Gasteiger partial charge in [-0.25, -0.2) is 4.90 Å². The summed E-state index contributed by atoms with van der Waals surface area (Å²) in [5.74, 6) is -1.44. The maximum Gasteiger partial charge on any atom is 0.239 e. The van der Waals surface area contributed by atoms with Crippen LogP contribution in [0.25, 0.3) is 11.1 Å². The number of imide groups is 1. The second-order valence-electron chi connectivity index (χ2n) is 12.5. The molecular weight excluding hydrogens is 614 g/mol. The fourth-order valence-electron chi connectivity index (χ4n) is 8.69. The quantitative estimate of drug-likeness (QED) is 0.171. The van der Waals surface area contributed by atoms with E-state index in [0.29, 0.717) is 45.2 Å². The van der Waals surface area contributed by atoms with Crippen LogP contribution in [0.4, 0.5) is 5.69 Å². The van der Waals surface area contributed by atoms with Gasteiger partial charge in [-0.05, 0) is 69.8 Å². The highest BCUT2D eigenvalue weighted by molar-refractivity contribution is 6.39. The maximum absolute atomic E-state index is 16.1. The molecule has 0 aromatic heterocycles. The van der Waals surface area contributed by atoms with Crippen LogP contribution in [0.15, 0.2) is 133 Å². The molecule has 5 aromatic carbocycles. The lowest BCUT2D eigenvalue weighted by atomic mass is 9.59. The van der Waals surface area contributed by atoms with E-state index in [-0.39, 0.29) is 5.78 Å². The number of carbonyl (C=O) groups excluding carboxylic acids is 3. The van der Waals surface area contributed by atoms with Crippen LogP contribution in [0.3, 0.4) is 0 Å². The summed E-state index contributed by atoms with van der Waals surface area (Å²) >= 11 is 0. The van der Waals surface area contributed by atoms with E-state index in [0.717, 1.165) is 11.1 Å². The monoisotopic (exact) mass is 647 g/mol. The molecule has 0 N–H and O–H groups in total. The number of rotatable bonds is 8. The van der Waals surface area contributed by atoms with Crippen LogP contribution in [0.2, 0.25) is 0 Å². The molecule has 1 saturated heterocycles. The van der Waals surface area contributed by atoms with Gasteiger partial charge in [0, 0.05) is 0 Å². The van der Waals surface area contributed by atoms with Crippen molar-refractivity contribution >= 4 is 34.4 Å². The Morgan fingerprint density at radius 3 is 1.31 bits per heavy atom. The summed E-state index contributed by atoms with van der Waals surface area (Å²) in [5.41, 5.74) is 1.55. The molecule has 7 heteroatoms. The van der Waals surface area contributed by atoms with Crippen molar-refractivity contribution in [1.82, 2.24) is 0 Å². The van der Waals surface area contributed by atoms with Crippen LogP contribution in [0.1, 0.15) is 22.3 Å². The second kappa shape index (κ2) is 11.3. The standard InChI is InChI=1S/C42H33NO6/c1-47-30-22-18-26(19-23-30)34-35(27-20-24-31(48-2)25-21-27)42(29-14-8-5-9-15-29)37-36(41(34,40(42)46)28-12-6-4-7-13-28)38(44)43(39(37)45)32-16-10-11-17-33(32)49-3/h4-25,36-37H,1-3H3/t36-,37+,41-,42-/m0/s1. The van der Waals surface area contributed by atoms with Gasteiger partial charge in [-0.1, -0.05) is 97.1 Å². The molecule has 2 bridgehead atoms. The number of amides is 2. The number of carbonyl (C=O) groups is 3. The zero-order chi connectivity index (χ0) is 33.9. The zero-order valence-corrected chi connectivity index (χ0v) is 27.3. The van der Waals surface area contributed by atoms with Crippen LogP contribution < -0.4 is 19.1 Å². The Morgan fingerprint density at radius 1 is 0.490 bits per heavy atom. The van der Waals surface area contributed by atoms with Gasteiger partial charge in [-0.3, -0.25) is 14.4 Å². The van der Waals surface area contributed by atoms with Crippen LogP contribution in [-0.4, -0.2) is 38.9 Å². The SMILES string of the molecule is COc1ccc(C2=C(c3ccc(OC)cc3)[C@]3(c4ccccc4)C(=O)[C@]2(c2ccccc2)[C@@H]2C(=O)N(c4ccccc4OC)C(=O)[C@@H]23)cc1. The predicted molar refractivity (Wildman–Crippen MR) is 187 cm³/mol. The molecule has 0 spiro atoms. The highest BCUT2D eigenvalue weighted by atomic mass is 16.5. The van der Waals surface area contributed by atoms with E-state index < -0.39 is 34.5 Å². The Hall–Kier alpha value is -5.95. The second-order valence-corrected chi connectivity index (χ2v) is 12.5. The number of nitrogens with zero attached hydrogens (tertiary/aromatic N) is 1. The first-order valence-electron chi connectivity index (χ1n) is 16.1. The molecule has 8 rings (SSSR count). The lowest BCUT2D eigenvalue weighted by molar-refractivity contribution is -0.130. The van der Waals surface area contributed by atoms with Gasteiger partial charge in [-0.15, -0.1) is 0 Å². The van der Waals surface area contributed by atoms with Crippen LogP contribution in [0, 0.1) is 11.8 Å². The smallest absolute Gasteiger partial charge is 0.239 e. The van der Waals surface area contributed by atoms with E-state index in [9.17, 15) is 0 Å². The summed E-state index contributed by atoms with van der Waals surface area (Å²) in [6.45, 7) is 0. The first-order valence-corrected chi connectivity index (χ1v) is 16.1. The van der Waals surface area contributed by atoms with Gasteiger partial charge in [0.05, 0.1) is 49.7 Å². The fraction of sp³-hybridized carbons (Fsp3) is 0.167. The Labute approximate surface area is 284 Å². The molecule has 1 aliphatic heterocycles. The minimum atomic E-state index is -1.52. The van der Waals surface area contributed by atoms with E-state index in [1.165, 1.54) is 12.0 Å². The molecule has 4 atom stereocenters. The third-order valence-electron chi connectivity index (χ3n) is 10.5. The van der Waals surface area contributed by atoms with E-state index >= 15 is 14.4 Å². The number of para-hydroxylation sites is 2. The van der Waals surface area contributed by atoms with Crippen LogP contribution >= 0.6 is 0 Å². The average Bonchev–Trinajstić information content (AvgIpc) is 3.67. The highest BCUT2D eigenvalue weighted by Gasteiger charge is 2.82. The van der Waals surface area contributed by atoms with Crippen molar-refractivity contribution in [2.24, 2.45) is 11.8 Å². The van der Waals surface area contributed by atoms with Gasteiger partial charge >= 0.3 is 0 Å². The van der Waals surface area contributed by atoms with Gasteiger partial charge in [-0.2, -0.15) is 0 Å². The number of ketones is 1. The summed E-state index contributed by atoms with van der Waals surface area (Å²) in [7, 11) is 4.72. The number of ether oxygens (including phenoxy) is 3. The number of hydrogen-bond donors (Lipinski definition) is 0. The third-order valence-corrected chi connectivity index (χ3v) is 10.5. The first-order chi connectivity index (χ1) is 23.9. The number of allylic oxidation sites excluding steroid dienone is 2. The van der Waals surface area contributed by atoms with Crippen molar-refractivity contribution in [2.75, 3.05) is 26.2 Å². The minimum Gasteiger partial charge on any atom is -0.497 e. The molecule has 0 radical (unpaired) electrons. The lowest BCUT2D eigenvalue weighted by Crippen LogP contribution is -2.45. The summed E-state index contributed by atoms with van der Waals surface area (Å²) in [5, 5.41) is 0. The number of anilines is 1. The predicted octanol–water partition coefficient (Wildman–Crippen LogP) is 6.90. The molecule has 242 valence electrons. The van der Waals surface area contributed by atoms with Crippen LogP contribution in [-0.2, 0) is 25.2 Å². The van der Waals surface area contributed by atoms with E-state index in [4.69, 9.17) is 14.2 Å². The molecule has 1 heterocycles. The van der Waals surface area contributed by atoms with Crippen molar-refractivity contribution in [1.29, 1.82) is 0 Å². The van der Waals surface area contributed by atoms with Gasteiger partial charge in [0.1, 0.15) is 17.2 Å². The summed E-state index contributed by atoms with van der Waals surface area (Å²) < 4.78 is 16.7. The molecular formula is C42H33NO6. The van der Waals surface area contributed by atoms with Gasteiger partial charge in [0.15, 0.2) is 5.78 Å². The molecule has 7 nitrogen and oxygen atoms in total. The van der Waals surface area contributed by atoms with Gasteiger partial charge < -0.3 is 14.2 Å². The zero-order valence-electron chi connectivity index (χ0n) is 27.3. The molecule has 2 amide bonds. The van der Waals surface area contributed by atoms with E-state index in [2.05, 4.69) is 0 Å². The molecule has 0 unspecified atom stereocenters. The first kappa shape index (κ1) is 30.4. The fourth-order valence-corrected chi connectivity index (χ4v) is 8.69. The molecule has 2 fully saturated rings. The van der Waals surface area contributed by atoms with Crippen molar-refractivity contribution in [3.8, 4) is 17.2 Å². The summed E-state index contributed by atoms with van der Waals surface area (Å²) in [6.07, 6.45) is 0. The normalized spacial score (nSPS) is 24.0. The Bertz CT molecular complexity index is 2010. The van der Waals surface area contributed by atoms with Gasteiger partial charge in [0.2, 0.25) is 11.8 Å². The third kappa shape index (κ3) is 3.93. The highest BCUT2D eigenvalue weighted by Crippen LogP contribution is 2.74. The maximum atomic E-state index is 16.1. The molecule has 2 aliphatic carbocycles. The van der Waals surface area contributed by atoms with Gasteiger partial charge in [0.25, 0.3) is 0 Å². The van der Waals surface area contributed by atoms with Crippen molar-refractivity contribution < 1.29 is 28.6 Å². The molecule has 1 saturated carbocycles. The summed E-state index contributed by atoms with van der Waals surface area (Å²) in [6, 6.07) is 41.1. The number of benzene rings is 5.